The van der Waals surface area contributed by atoms with Gasteiger partial charge < -0.3 is 24.6 Å². The van der Waals surface area contributed by atoms with Crippen molar-refractivity contribution in [1.82, 2.24) is 20.2 Å². The van der Waals surface area contributed by atoms with E-state index >= 15 is 0 Å². The van der Waals surface area contributed by atoms with Crippen molar-refractivity contribution in [2.75, 3.05) is 37.7 Å². The van der Waals surface area contributed by atoms with E-state index in [2.05, 4.69) is 10.3 Å². The van der Waals surface area contributed by atoms with Gasteiger partial charge in [-0.25, -0.2) is 9.78 Å². The van der Waals surface area contributed by atoms with E-state index in [1.807, 2.05) is 36.1 Å². The Labute approximate surface area is 277 Å². The number of nitrogens with one attached hydrogen (secondary N) is 1. The number of carbonyl (C=O) groups excluding carboxylic acids is 2. The number of anilines is 1. The highest BCUT2D eigenvalue weighted by molar-refractivity contribution is 5.89. The van der Waals surface area contributed by atoms with Crippen molar-refractivity contribution in [1.29, 1.82) is 5.26 Å². The van der Waals surface area contributed by atoms with Gasteiger partial charge in [-0.3, -0.25) is 9.78 Å². The second kappa shape index (κ2) is 13.7. The van der Waals surface area contributed by atoms with Gasteiger partial charge in [0.05, 0.1) is 40.1 Å². The lowest BCUT2D eigenvalue weighted by Crippen LogP contribution is -2.54. The molecule has 2 aliphatic heterocycles. The number of nitrogens with zero attached hydrogens (tertiary/aromatic N) is 5. The van der Waals surface area contributed by atoms with Gasteiger partial charge in [-0.05, 0) is 88.9 Å². The van der Waals surface area contributed by atoms with Crippen LogP contribution in [-0.2, 0) is 21.1 Å². The molecule has 2 aliphatic rings. The third kappa shape index (κ3) is 7.48. The summed E-state index contributed by atoms with van der Waals surface area (Å²) in [6.45, 7) is 9.05. The third-order valence-corrected chi connectivity index (χ3v) is 8.66. The van der Waals surface area contributed by atoms with E-state index in [1.54, 1.807) is 44.1 Å². The molecular formula is C35H39F3N6O4. The zero-order valence-corrected chi connectivity index (χ0v) is 27.4. The van der Waals surface area contributed by atoms with E-state index in [-0.39, 0.29) is 17.5 Å². The van der Waals surface area contributed by atoms with Crippen molar-refractivity contribution in [2.45, 2.75) is 70.2 Å². The van der Waals surface area contributed by atoms with E-state index in [1.165, 1.54) is 6.07 Å². The second-order valence-corrected chi connectivity index (χ2v) is 13.0. The highest BCUT2D eigenvalue weighted by atomic mass is 19.4. The summed E-state index contributed by atoms with van der Waals surface area (Å²) >= 11 is 0. The fourth-order valence-electron chi connectivity index (χ4n) is 6.22. The maximum Gasteiger partial charge on any atom is 0.416 e. The average molecular weight is 665 g/mol. The molecule has 0 spiro atoms. The van der Waals surface area contributed by atoms with Crippen LogP contribution < -0.4 is 15.0 Å². The number of rotatable bonds is 7. The minimum absolute atomic E-state index is 0.0810. The molecule has 0 aliphatic carbocycles. The van der Waals surface area contributed by atoms with Crippen LogP contribution in [0.2, 0.25) is 0 Å². The number of piperidine rings is 1. The van der Waals surface area contributed by atoms with Crippen LogP contribution in [0.25, 0.3) is 11.3 Å². The fraction of sp³-hybridized carbons (Fsp3) is 0.457. The summed E-state index contributed by atoms with van der Waals surface area (Å²) in [6, 6.07) is 12.1. The van der Waals surface area contributed by atoms with Crippen LogP contribution in [0.1, 0.15) is 63.6 Å². The van der Waals surface area contributed by atoms with Crippen LogP contribution in [0.5, 0.6) is 5.88 Å². The van der Waals surface area contributed by atoms with E-state index < -0.39 is 28.8 Å². The maximum absolute atomic E-state index is 14.3. The molecule has 2 amide bonds. The second-order valence-electron chi connectivity index (χ2n) is 13.0. The number of likely N-dealkylation sites (tertiary alicyclic amines) is 1. The number of benzene rings is 1. The van der Waals surface area contributed by atoms with Gasteiger partial charge in [-0.2, -0.15) is 18.4 Å². The highest BCUT2D eigenvalue weighted by Crippen LogP contribution is 2.40. The highest BCUT2D eigenvalue weighted by Gasteiger charge is 2.45. The third-order valence-electron chi connectivity index (χ3n) is 8.66. The minimum Gasteiger partial charge on any atom is -0.477 e. The Kier molecular flexibility index (Phi) is 9.84. The predicted octanol–water partition coefficient (Wildman–Crippen LogP) is 6.10. The molecule has 10 nitrogen and oxygen atoms in total. The van der Waals surface area contributed by atoms with Gasteiger partial charge in [0.15, 0.2) is 0 Å². The van der Waals surface area contributed by atoms with Crippen molar-refractivity contribution >= 4 is 17.7 Å². The molecule has 48 heavy (non-hydrogen) atoms. The molecule has 4 heterocycles. The molecule has 254 valence electrons. The van der Waals surface area contributed by atoms with Gasteiger partial charge in [0.2, 0.25) is 11.8 Å². The number of amides is 2. The molecule has 2 aromatic heterocycles. The summed E-state index contributed by atoms with van der Waals surface area (Å²) in [6.07, 6.45) is -0.518. The minimum atomic E-state index is -4.57. The van der Waals surface area contributed by atoms with Crippen molar-refractivity contribution in [3.05, 3.63) is 71.5 Å². The van der Waals surface area contributed by atoms with E-state index in [0.717, 1.165) is 12.1 Å². The topological polar surface area (TPSA) is 121 Å². The van der Waals surface area contributed by atoms with Crippen molar-refractivity contribution < 1.29 is 32.2 Å². The zero-order chi connectivity index (χ0) is 34.7. The number of ether oxygens (including phenoxy) is 2. The lowest BCUT2D eigenvalue weighted by molar-refractivity contribution is -0.137. The number of pyridine rings is 2. The van der Waals surface area contributed by atoms with Gasteiger partial charge in [-0.15, -0.1) is 0 Å². The number of hydrogen-bond acceptors (Lipinski definition) is 8. The van der Waals surface area contributed by atoms with E-state index in [9.17, 15) is 28.0 Å². The summed E-state index contributed by atoms with van der Waals surface area (Å²) in [5, 5.41) is 12.9. The van der Waals surface area contributed by atoms with E-state index in [4.69, 9.17) is 14.5 Å². The number of aromatic nitrogens is 2. The fourth-order valence-corrected chi connectivity index (χ4v) is 6.22. The summed E-state index contributed by atoms with van der Waals surface area (Å²) < 4.78 is 51.2. The summed E-state index contributed by atoms with van der Waals surface area (Å²) in [5.74, 6) is 0.221. The van der Waals surface area contributed by atoms with Crippen LogP contribution in [0.4, 0.5) is 23.7 Å². The summed E-state index contributed by atoms with van der Waals surface area (Å²) in [5.41, 5.74) is -0.253. The van der Waals surface area contributed by atoms with Crippen molar-refractivity contribution in [3.8, 4) is 23.2 Å². The van der Waals surface area contributed by atoms with Crippen LogP contribution in [-0.4, -0.2) is 71.3 Å². The largest absolute Gasteiger partial charge is 0.477 e. The first kappa shape index (κ1) is 34.5. The van der Waals surface area contributed by atoms with Crippen molar-refractivity contribution in [2.24, 2.45) is 0 Å². The smallest absolute Gasteiger partial charge is 0.416 e. The van der Waals surface area contributed by atoms with Crippen molar-refractivity contribution in [3.63, 3.8) is 0 Å². The van der Waals surface area contributed by atoms with Gasteiger partial charge >= 0.3 is 12.3 Å². The van der Waals surface area contributed by atoms with Crippen LogP contribution in [0.3, 0.4) is 0 Å². The molecule has 0 saturated carbocycles. The molecule has 3 aromatic rings. The number of nitriles is 1. The van der Waals surface area contributed by atoms with E-state index in [0.29, 0.717) is 80.4 Å². The molecule has 5 rings (SSSR count). The summed E-state index contributed by atoms with van der Waals surface area (Å²) in [4.78, 5) is 39.4. The first-order valence-electron chi connectivity index (χ1n) is 15.9. The first-order valence-corrected chi connectivity index (χ1v) is 15.9. The molecule has 1 aromatic carbocycles. The SMILES string of the molecule is CCOc1ncccc1-c1ccc(C2(C(=O)N[C@@H]3CCN(C(=O)OC(C)(C)C)C3)CCN(c3ccc(C(F)(F)F)cc3C#N)CC2)cn1. The Hall–Kier alpha value is -4.86. The molecule has 0 radical (unpaired) electrons. The summed E-state index contributed by atoms with van der Waals surface area (Å²) in [7, 11) is 0. The quantitative estimate of drug-likeness (QED) is 0.322. The Morgan fingerprint density at radius 1 is 1.08 bits per heavy atom. The van der Waals surface area contributed by atoms with Gasteiger partial charge in [0.25, 0.3) is 0 Å². The number of alkyl halides is 3. The molecule has 2 saturated heterocycles. The molecule has 0 unspecified atom stereocenters. The lowest BCUT2D eigenvalue weighted by atomic mass is 9.72. The predicted molar refractivity (Wildman–Crippen MR) is 172 cm³/mol. The van der Waals surface area contributed by atoms with Gasteiger partial charge in [0.1, 0.15) is 11.7 Å². The molecule has 1 atom stereocenters. The van der Waals surface area contributed by atoms with Gasteiger partial charge in [0, 0.05) is 44.6 Å². The molecule has 1 N–H and O–H groups in total. The van der Waals surface area contributed by atoms with Crippen LogP contribution in [0, 0.1) is 11.3 Å². The molecule has 2 fully saturated rings. The Morgan fingerprint density at radius 3 is 2.46 bits per heavy atom. The molecule has 13 heteroatoms. The Bertz CT molecular complexity index is 1680. The standard InChI is InChI=1S/C35H39F3N6O4/c1-5-47-30-27(7-6-15-40-30)28-10-8-25(21-41-28)34(31(45)42-26-12-16-44(22-26)32(46)48-33(2,3)4)13-17-43(18-14-34)29-11-9-24(35(36,37)38)19-23(29)20-39/h6-11,15,19,21,26H,5,12-14,16-18,22H2,1-4H3,(H,42,45)/t26-/m1/s1. The zero-order valence-electron chi connectivity index (χ0n) is 27.4. The average Bonchev–Trinajstić information content (AvgIpc) is 3.52. The van der Waals surface area contributed by atoms with Gasteiger partial charge in [-0.1, -0.05) is 6.07 Å². The molecular weight excluding hydrogens is 625 g/mol. The molecule has 0 bridgehead atoms. The lowest BCUT2D eigenvalue weighted by Gasteiger charge is -2.42. The Morgan fingerprint density at radius 2 is 1.83 bits per heavy atom. The number of halogens is 3. The maximum atomic E-state index is 14.3. The number of hydrogen-bond donors (Lipinski definition) is 1. The normalized spacial score (nSPS) is 17.8. The van der Waals surface area contributed by atoms with Crippen LogP contribution in [0.15, 0.2) is 54.9 Å². The monoisotopic (exact) mass is 664 g/mol. The first-order chi connectivity index (χ1) is 22.7. The number of carbonyl (C=O) groups is 2. The Balaban J connectivity index is 1.41. The van der Waals surface area contributed by atoms with Crippen LogP contribution >= 0.6 is 0 Å².